The number of carboxylic acids is 1. The van der Waals surface area contributed by atoms with E-state index in [0.29, 0.717) is 16.5 Å². The Balaban J connectivity index is 2.60. The van der Waals surface area contributed by atoms with Crippen molar-refractivity contribution in [2.45, 2.75) is 13.0 Å². The quantitative estimate of drug-likeness (QED) is 0.624. The molecule has 0 spiro atoms. The number of carbonyl (C=O) groups is 1. The van der Waals surface area contributed by atoms with E-state index in [-0.39, 0.29) is 6.61 Å². The van der Waals surface area contributed by atoms with E-state index in [9.17, 15) is 4.79 Å². The van der Waals surface area contributed by atoms with Gasteiger partial charge in [0.25, 0.3) is 0 Å². The van der Waals surface area contributed by atoms with E-state index >= 15 is 0 Å². The molecule has 1 aromatic heterocycles. The molecule has 0 saturated heterocycles. The number of ether oxygens (including phenoxy) is 1. The van der Waals surface area contributed by atoms with Gasteiger partial charge in [-0.1, -0.05) is 17.5 Å². The van der Waals surface area contributed by atoms with Crippen LogP contribution in [0.5, 0.6) is 0 Å². The molecule has 90 valence electrons. The summed E-state index contributed by atoms with van der Waals surface area (Å²) in [4.78, 5) is 14.4. The zero-order chi connectivity index (χ0) is 12.8. The number of anilines is 1. The lowest BCUT2D eigenvalue weighted by molar-refractivity contribution is -0.148. The number of rotatable bonds is 3. The molecule has 0 aliphatic rings. The molecule has 1 atom stereocenters. The predicted molar refractivity (Wildman–Crippen MR) is 63.6 cm³/mol. The third-order valence-electron chi connectivity index (χ3n) is 1.85. The fraction of sp³-hybridized carbons (Fsp3) is 0.273. The van der Waals surface area contributed by atoms with Gasteiger partial charge in [0, 0.05) is 0 Å². The Hall–Kier alpha value is -1.77. The summed E-state index contributed by atoms with van der Waals surface area (Å²) in [6, 6.07) is 3.16. The lowest BCUT2D eigenvalue weighted by Crippen LogP contribution is -2.19. The number of nitrogens with two attached hydrogens (primary N) is 1. The molecule has 1 heterocycles. The predicted octanol–water partition coefficient (Wildman–Crippen LogP) is 1.16. The van der Waals surface area contributed by atoms with Gasteiger partial charge in [-0.15, -0.1) is 0 Å². The van der Waals surface area contributed by atoms with Crippen LogP contribution in [0.4, 0.5) is 5.69 Å². The first-order valence-electron chi connectivity index (χ1n) is 4.76. The molecule has 1 rings (SSSR count). The summed E-state index contributed by atoms with van der Waals surface area (Å²) in [7, 11) is 0. The average Bonchev–Trinajstić information content (AvgIpc) is 2.28. The Kier molecular flexibility index (Phi) is 4.76. The maximum atomic E-state index is 10.4. The van der Waals surface area contributed by atoms with Crippen molar-refractivity contribution in [3.8, 4) is 11.8 Å². The minimum atomic E-state index is -1.04. The second kappa shape index (κ2) is 6.09. The van der Waals surface area contributed by atoms with Crippen LogP contribution in [0.3, 0.4) is 0 Å². The number of aliphatic carboxylic acids is 1. The van der Waals surface area contributed by atoms with Crippen LogP contribution in [-0.2, 0) is 9.53 Å². The lowest BCUT2D eigenvalue weighted by atomic mass is 10.3. The highest BCUT2D eigenvalue weighted by molar-refractivity contribution is 6.29. The monoisotopic (exact) mass is 254 g/mol. The molecule has 0 fully saturated rings. The van der Waals surface area contributed by atoms with E-state index in [1.165, 1.54) is 6.92 Å². The fourth-order valence-corrected chi connectivity index (χ4v) is 1.05. The molecule has 5 nitrogen and oxygen atoms in total. The van der Waals surface area contributed by atoms with Crippen molar-refractivity contribution >= 4 is 23.3 Å². The van der Waals surface area contributed by atoms with Gasteiger partial charge in [-0.05, 0) is 25.0 Å². The van der Waals surface area contributed by atoms with Gasteiger partial charge in [-0.25, -0.2) is 9.78 Å². The van der Waals surface area contributed by atoms with Crippen LogP contribution in [0.1, 0.15) is 12.6 Å². The van der Waals surface area contributed by atoms with Gasteiger partial charge in [0.2, 0.25) is 0 Å². The molecule has 1 unspecified atom stereocenters. The summed E-state index contributed by atoms with van der Waals surface area (Å²) < 4.78 is 4.92. The maximum Gasteiger partial charge on any atom is 0.332 e. The summed E-state index contributed by atoms with van der Waals surface area (Å²) in [5.74, 6) is 4.24. The standard InChI is InChI=1S/C11H11ClN2O3/c1-7(11(15)16)17-6-2-3-9-8(13)4-5-10(12)14-9/h4-5,7H,6,13H2,1H3,(H,15,16). The van der Waals surface area contributed by atoms with Gasteiger partial charge in [0.15, 0.2) is 6.10 Å². The summed E-state index contributed by atoms with van der Waals surface area (Å²) in [5, 5.41) is 8.85. The Morgan fingerprint density at radius 1 is 1.71 bits per heavy atom. The summed E-state index contributed by atoms with van der Waals surface area (Å²) in [6.45, 7) is 1.41. The van der Waals surface area contributed by atoms with Crippen molar-refractivity contribution in [3.63, 3.8) is 0 Å². The van der Waals surface area contributed by atoms with Crippen molar-refractivity contribution in [1.82, 2.24) is 4.98 Å². The average molecular weight is 255 g/mol. The molecule has 17 heavy (non-hydrogen) atoms. The van der Waals surface area contributed by atoms with Crippen LogP contribution in [0.15, 0.2) is 12.1 Å². The Labute approximate surface area is 104 Å². The minimum Gasteiger partial charge on any atom is -0.479 e. The third-order valence-corrected chi connectivity index (χ3v) is 2.06. The van der Waals surface area contributed by atoms with Gasteiger partial charge in [0.05, 0.1) is 5.69 Å². The zero-order valence-electron chi connectivity index (χ0n) is 9.11. The van der Waals surface area contributed by atoms with E-state index in [4.69, 9.17) is 27.2 Å². The van der Waals surface area contributed by atoms with E-state index < -0.39 is 12.1 Å². The first-order chi connectivity index (χ1) is 8.00. The molecule has 3 N–H and O–H groups in total. The van der Waals surface area contributed by atoms with Crippen molar-refractivity contribution in [3.05, 3.63) is 23.0 Å². The highest BCUT2D eigenvalue weighted by Crippen LogP contribution is 2.11. The minimum absolute atomic E-state index is 0.0128. The number of aromatic nitrogens is 1. The van der Waals surface area contributed by atoms with Crippen LogP contribution < -0.4 is 5.73 Å². The first-order valence-corrected chi connectivity index (χ1v) is 5.14. The van der Waals surface area contributed by atoms with Crippen LogP contribution in [0.2, 0.25) is 5.15 Å². The van der Waals surface area contributed by atoms with Gasteiger partial charge in [-0.3, -0.25) is 0 Å². The number of carboxylic acid groups (broad SMARTS) is 1. The highest BCUT2D eigenvalue weighted by atomic mass is 35.5. The normalized spacial score (nSPS) is 11.4. The van der Waals surface area contributed by atoms with Gasteiger partial charge < -0.3 is 15.6 Å². The number of nitrogen functional groups attached to an aromatic ring is 1. The molecule has 6 heteroatoms. The van der Waals surface area contributed by atoms with Crippen LogP contribution in [0.25, 0.3) is 0 Å². The number of halogens is 1. The highest BCUT2D eigenvalue weighted by Gasteiger charge is 2.09. The Morgan fingerprint density at radius 2 is 2.41 bits per heavy atom. The van der Waals surface area contributed by atoms with Crippen LogP contribution in [0, 0.1) is 11.8 Å². The van der Waals surface area contributed by atoms with Gasteiger partial charge in [0.1, 0.15) is 17.5 Å². The van der Waals surface area contributed by atoms with Crippen molar-refractivity contribution in [1.29, 1.82) is 0 Å². The molecular weight excluding hydrogens is 244 g/mol. The zero-order valence-corrected chi connectivity index (χ0v) is 9.86. The molecule has 0 aromatic carbocycles. The number of hydrogen-bond donors (Lipinski definition) is 2. The summed E-state index contributed by atoms with van der Waals surface area (Å²) >= 11 is 5.68. The molecular formula is C11H11ClN2O3. The van der Waals surface area contributed by atoms with E-state index in [1.54, 1.807) is 12.1 Å². The topological polar surface area (TPSA) is 85.4 Å². The fourth-order valence-electron chi connectivity index (χ4n) is 0.904. The molecule has 0 bridgehead atoms. The van der Waals surface area contributed by atoms with Gasteiger partial charge >= 0.3 is 5.97 Å². The number of pyridine rings is 1. The van der Waals surface area contributed by atoms with E-state index in [1.807, 2.05) is 0 Å². The third kappa shape index (κ3) is 4.31. The van der Waals surface area contributed by atoms with E-state index in [0.717, 1.165) is 0 Å². The van der Waals surface area contributed by atoms with Crippen molar-refractivity contribution in [2.24, 2.45) is 0 Å². The van der Waals surface area contributed by atoms with Crippen molar-refractivity contribution < 1.29 is 14.6 Å². The smallest absolute Gasteiger partial charge is 0.332 e. The second-order valence-corrected chi connectivity index (χ2v) is 3.55. The molecule has 0 aliphatic carbocycles. The van der Waals surface area contributed by atoms with Crippen LogP contribution >= 0.6 is 11.6 Å². The molecule has 0 aliphatic heterocycles. The second-order valence-electron chi connectivity index (χ2n) is 3.17. The first kappa shape index (κ1) is 13.3. The van der Waals surface area contributed by atoms with Gasteiger partial charge in [-0.2, -0.15) is 0 Å². The molecule has 0 amide bonds. The Morgan fingerprint density at radius 3 is 3.06 bits per heavy atom. The molecule has 0 saturated carbocycles. The molecule has 1 aromatic rings. The largest absolute Gasteiger partial charge is 0.479 e. The maximum absolute atomic E-state index is 10.4. The molecule has 0 radical (unpaired) electrons. The Bertz CT molecular complexity index is 479. The number of hydrogen-bond acceptors (Lipinski definition) is 4. The van der Waals surface area contributed by atoms with Crippen molar-refractivity contribution in [2.75, 3.05) is 12.3 Å². The van der Waals surface area contributed by atoms with E-state index in [2.05, 4.69) is 16.8 Å². The summed E-state index contributed by atoms with van der Waals surface area (Å²) in [6.07, 6.45) is -0.894. The number of nitrogens with zero attached hydrogens (tertiary/aromatic N) is 1. The SMILES string of the molecule is CC(OCC#Cc1nc(Cl)ccc1N)C(=O)O. The summed E-state index contributed by atoms with van der Waals surface area (Å²) in [5.41, 5.74) is 6.38. The van der Waals surface area contributed by atoms with Crippen LogP contribution in [-0.4, -0.2) is 28.8 Å². The lowest BCUT2D eigenvalue weighted by Gasteiger charge is -2.03.